The van der Waals surface area contributed by atoms with Crippen LogP contribution in [-0.2, 0) is 10.2 Å². The summed E-state index contributed by atoms with van der Waals surface area (Å²) in [5.74, 6) is 1.02. The zero-order valence-electron chi connectivity index (χ0n) is 14.3. The number of carbonyl (C=O) groups is 1. The fourth-order valence-corrected chi connectivity index (χ4v) is 8.15. The average Bonchev–Trinajstić information content (AvgIpc) is 2.77. The van der Waals surface area contributed by atoms with Crippen molar-refractivity contribution in [3.05, 3.63) is 29.8 Å². The van der Waals surface area contributed by atoms with Crippen molar-refractivity contribution in [2.45, 2.75) is 69.2 Å². The quantitative estimate of drug-likeness (QED) is 0.732. The van der Waals surface area contributed by atoms with E-state index in [4.69, 9.17) is 0 Å². The number of nitrogens with zero attached hydrogens (tertiary/aromatic N) is 1. The molecular weight excluding hydrogens is 286 g/mol. The van der Waals surface area contributed by atoms with Crippen molar-refractivity contribution in [1.29, 1.82) is 0 Å². The van der Waals surface area contributed by atoms with E-state index in [1.54, 1.807) is 6.92 Å². The molecule has 22 heavy (non-hydrogen) atoms. The number of hydrogen-bond acceptors (Lipinski definition) is 1. The summed E-state index contributed by atoms with van der Waals surface area (Å²) in [6.07, 6.45) is 4.98. The summed E-state index contributed by atoms with van der Waals surface area (Å²) in [5, 5.41) is 0. The maximum atomic E-state index is 12.5. The Balaban J connectivity index is 1.87. The SMILES string of the molecule is CC(=O)N1c2ccccc2[C@]23CCC[C@]12C[C@H]3C[Si](C)(C)C. The molecule has 3 aliphatic rings. The van der Waals surface area contributed by atoms with E-state index in [0.29, 0.717) is 0 Å². The van der Waals surface area contributed by atoms with Crippen molar-refractivity contribution in [2.75, 3.05) is 4.90 Å². The smallest absolute Gasteiger partial charge is 0.224 e. The van der Waals surface area contributed by atoms with E-state index < -0.39 is 8.07 Å². The number of hydrogen-bond donors (Lipinski definition) is 0. The molecule has 2 saturated carbocycles. The second-order valence-corrected chi connectivity index (χ2v) is 14.4. The van der Waals surface area contributed by atoms with Gasteiger partial charge in [-0.3, -0.25) is 4.79 Å². The highest BCUT2D eigenvalue weighted by molar-refractivity contribution is 6.76. The molecule has 2 fully saturated rings. The Labute approximate surface area is 134 Å². The Morgan fingerprint density at radius 1 is 1.27 bits per heavy atom. The van der Waals surface area contributed by atoms with Crippen molar-refractivity contribution in [3.63, 3.8) is 0 Å². The van der Waals surface area contributed by atoms with Crippen LogP contribution in [0.4, 0.5) is 5.69 Å². The van der Waals surface area contributed by atoms with Crippen molar-refractivity contribution < 1.29 is 4.79 Å². The normalized spacial score (nSPS) is 35.6. The molecule has 0 bridgehead atoms. The van der Waals surface area contributed by atoms with Gasteiger partial charge in [0.1, 0.15) is 0 Å². The number of para-hydroxylation sites is 1. The van der Waals surface area contributed by atoms with Crippen LogP contribution in [0.3, 0.4) is 0 Å². The molecule has 1 amide bonds. The van der Waals surface area contributed by atoms with Gasteiger partial charge in [-0.2, -0.15) is 0 Å². The van der Waals surface area contributed by atoms with E-state index in [0.717, 1.165) is 5.92 Å². The lowest BCUT2D eigenvalue weighted by Crippen LogP contribution is -2.69. The van der Waals surface area contributed by atoms with Gasteiger partial charge in [0.05, 0.1) is 5.54 Å². The molecule has 0 N–H and O–H groups in total. The highest BCUT2D eigenvalue weighted by Crippen LogP contribution is 2.74. The van der Waals surface area contributed by atoms with Gasteiger partial charge in [0.15, 0.2) is 0 Å². The first-order chi connectivity index (χ1) is 10.3. The molecule has 3 heteroatoms. The molecule has 118 valence electrons. The Hall–Kier alpha value is -1.09. The minimum Gasteiger partial charge on any atom is -0.305 e. The topological polar surface area (TPSA) is 20.3 Å². The third kappa shape index (κ3) is 1.53. The maximum absolute atomic E-state index is 12.5. The van der Waals surface area contributed by atoms with Crippen LogP contribution in [0.2, 0.25) is 25.7 Å². The highest BCUT2D eigenvalue weighted by atomic mass is 28.3. The van der Waals surface area contributed by atoms with Crippen LogP contribution in [0.1, 0.15) is 38.2 Å². The van der Waals surface area contributed by atoms with Crippen LogP contribution in [-0.4, -0.2) is 19.5 Å². The number of rotatable bonds is 2. The first kappa shape index (κ1) is 14.5. The molecule has 2 aliphatic carbocycles. The summed E-state index contributed by atoms with van der Waals surface area (Å²) >= 11 is 0. The fraction of sp³-hybridized carbons (Fsp3) is 0.632. The van der Waals surface area contributed by atoms with Gasteiger partial charge in [-0.25, -0.2) is 0 Å². The molecule has 0 spiro atoms. The van der Waals surface area contributed by atoms with Crippen LogP contribution in [0.15, 0.2) is 24.3 Å². The van der Waals surface area contributed by atoms with Crippen LogP contribution in [0, 0.1) is 5.92 Å². The van der Waals surface area contributed by atoms with Gasteiger partial charge in [-0.05, 0) is 36.8 Å². The lowest BCUT2D eigenvalue weighted by Gasteiger charge is -2.61. The maximum Gasteiger partial charge on any atom is 0.224 e. The monoisotopic (exact) mass is 313 g/mol. The minimum atomic E-state index is -1.09. The molecule has 1 aromatic carbocycles. The first-order valence-corrected chi connectivity index (χ1v) is 12.4. The molecule has 4 rings (SSSR count). The second-order valence-electron chi connectivity index (χ2n) is 8.89. The number of fused-ring (bicyclic) bond motifs is 1. The van der Waals surface area contributed by atoms with E-state index in [9.17, 15) is 4.79 Å². The average molecular weight is 314 g/mol. The van der Waals surface area contributed by atoms with E-state index in [2.05, 4.69) is 48.8 Å². The van der Waals surface area contributed by atoms with Gasteiger partial charge in [-0.15, -0.1) is 0 Å². The molecule has 0 saturated heterocycles. The predicted molar refractivity (Wildman–Crippen MR) is 94.1 cm³/mol. The largest absolute Gasteiger partial charge is 0.305 e. The molecule has 1 aromatic rings. The standard InChI is InChI=1S/C19H27NOSi/c1-14(21)20-17-9-6-5-8-16(17)19-11-7-10-18(19,20)12-15(19)13-22(2,3)4/h5-6,8-9,15H,7,10-13H2,1-4H3/t15-,18+,19+/m0/s1. The molecule has 3 atom stereocenters. The summed E-state index contributed by atoms with van der Waals surface area (Å²) in [4.78, 5) is 14.6. The number of benzene rings is 1. The van der Waals surface area contributed by atoms with E-state index >= 15 is 0 Å². The summed E-state index contributed by atoms with van der Waals surface area (Å²) in [7, 11) is -1.09. The van der Waals surface area contributed by atoms with Crippen molar-refractivity contribution >= 4 is 19.7 Å². The van der Waals surface area contributed by atoms with Gasteiger partial charge in [0.25, 0.3) is 0 Å². The van der Waals surface area contributed by atoms with Crippen molar-refractivity contribution in [1.82, 2.24) is 0 Å². The molecular formula is C19H27NOSi. The van der Waals surface area contributed by atoms with Crippen LogP contribution >= 0.6 is 0 Å². The second kappa shape index (κ2) is 4.25. The Bertz CT molecular complexity index is 649. The van der Waals surface area contributed by atoms with Gasteiger partial charge in [0.2, 0.25) is 5.91 Å². The molecule has 1 aliphatic heterocycles. The van der Waals surface area contributed by atoms with E-state index in [-0.39, 0.29) is 16.9 Å². The first-order valence-electron chi connectivity index (χ1n) is 8.72. The molecule has 0 unspecified atom stereocenters. The Morgan fingerprint density at radius 2 is 2.00 bits per heavy atom. The highest BCUT2D eigenvalue weighted by Gasteiger charge is 2.75. The zero-order chi connectivity index (χ0) is 15.8. The number of amides is 1. The van der Waals surface area contributed by atoms with Crippen LogP contribution in [0.25, 0.3) is 0 Å². The van der Waals surface area contributed by atoms with E-state index in [1.807, 2.05) is 0 Å². The summed E-state index contributed by atoms with van der Waals surface area (Å²) in [5.41, 5.74) is 3.09. The van der Waals surface area contributed by atoms with Gasteiger partial charge < -0.3 is 4.90 Å². The van der Waals surface area contributed by atoms with Gasteiger partial charge in [0, 0.05) is 26.1 Å². The van der Waals surface area contributed by atoms with Crippen molar-refractivity contribution in [2.24, 2.45) is 5.92 Å². The minimum absolute atomic E-state index is 0.118. The third-order valence-corrected chi connectivity index (χ3v) is 8.22. The lowest BCUT2D eigenvalue weighted by molar-refractivity contribution is -0.119. The van der Waals surface area contributed by atoms with Gasteiger partial charge >= 0.3 is 0 Å². The molecule has 0 radical (unpaired) electrons. The van der Waals surface area contributed by atoms with E-state index in [1.165, 1.54) is 43.0 Å². The predicted octanol–water partition coefficient (Wildman–Crippen LogP) is 4.57. The van der Waals surface area contributed by atoms with Gasteiger partial charge in [-0.1, -0.05) is 50.3 Å². The summed E-state index contributed by atoms with van der Waals surface area (Å²) < 4.78 is 0. The Morgan fingerprint density at radius 3 is 2.68 bits per heavy atom. The zero-order valence-corrected chi connectivity index (χ0v) is 15.3. The van der Waals surface area contributed by atoms with Crippen LogP contribution < -0.4 is 4.90 Å². The number of carbonyl (C=O) groups excluding carboxylic acids is 1. The lowest BCUT2D eigenvalue weighted by atomic mass is 9.49. The molecule has 0 aromatic heterocycles. The van der Waals surface area contributed by atoms with Crippen molar-refractivity contribution in [3.8, 4) is 0 Å². The molecule has 1 heterocycles. The third-order valence-electron chi connectivity index (χ3n) is 6.50. The number of anilines is 1. The fourth-order valence-electron chi connectivity index (χ4n) is 6.18. The van der Waals surface area contributed by atoms with Crippen LogP contribution in [0.5, 0.6) is 0 Å². The Kier molecular flexibility index (Phi) is 2.80. The summed E-state index contributed by atoms with van der Waals surface area (Å²) in [6.45, 7) is 9.22. The molecule has 2 nitrogen and oxygen atoms in total. The summed E-state index contributed by atoms with van der Waals surface area (Å²) in [6, 6.07) is 10.2.